The first-order valence-corrected chi connectivity index (χ1v) is 14.7. The molecule has 0 N–H and O–H groups in total. The maximum absolute atomic E-state index is 3.06. The second-order valence-electron chi connectivity index (χ2n) is 7.04. The minimum absolute atomic E-state index is 0. The number of halogens is 2. The van der Waals surface area contributed by atoms with Crippen molar-refractivity contribution in [3.63, 3.8) is 0 Å². The smallest absolute Gasteiger partial charge is 0.0184 e. The van der Waals surface area contributed by atoms with Gasteiger partial charge in [0.2, 0.25) is 0 Å². The van der Waals surface area contributed by atoms with E-state index in [4.69, 9.17) is 0 Å². The summed E-state index contributed by atoms with van der Waals surface area (Å²) in [5, 5.41) is 5.32. The van der Waals surface area contributed by atoms with Gasteiger partial charge in [-0.1, -0.05) is 72.8 Å². The molecule has 34 heavy (non-hydrogen) atoms. The third-order valence-electron chi connectivity index (χ3n) is 4.98. The van der Waals surface area contributed by atoms with Crippen molar-refractivity contribution < 1.29 is 23.3 Å². The van der Waals surface area contributed by atoms with E-state index in [1.807, 2.05) is 12.1 Å². The maximum Gasteiger partial charge on any atom is -0.0184 e. The van der Waals surface area contributed by atoms with Crippen LogP contribution in [0.5, 0.6) is 0 Å². The van der Waals surface area contributed by atoms with Crippen molar-refractivity contribution in [3.8, 4) is 11.1 Å². The molecule has 6 rings (SSSR count). The molecule has 0 amide bonds. The average Bonchev–Trinajstić information content (AvgIpc) is 3.57. The van der Waals surface area contributed by atoms with Gasteiger partial charge in [-0.05, 0) is 11.1 Å². The Balaban J connectivity index is 0.000000242. The van der Waals surface area contributed by atoms with Gasteiger partial charge in [-0.3, -0.25) is 0 Å². The molecule has 0 atom stereocenters. The first-order valence-electron chi connectivity index (χ1n) is 10.5. The molecule has 6 aromatic rings. The van der Waals surface area contributed by atoms with Crippen LogP contribution in [0.3, 0.4) is 0 Å². The van der Waals surface area contributed by atoms with E-state index < -0.39 is 0 Å². The maximum atomic E-state index is 3.06. The van der Waals surface area contributed by atoms with E-state index >= 15 is 0 Å². The number of hydrogen-bond acceptors (Lipinski definition) is 0. The molecule has 0 nitrogen and oxygen atoms in total. The van der Waals surface area contributed by atoms with Crippen LogP contribution in [0.15, 0.2) is 146 Å². The molecule has 0 heterocycles. The van der Waals surface area contributed by atoms with Gasteiger partial charge in [0, 0.05) is 0 Å². The van der Waals surface area contributed by atoms with E-state index in [9.17, 15) is 0 Å². The summed E-state index contributed by atoms with van der Waals surface area (Å²) in [6.07, 6.45) is 0. The number of rotatable bonds is 1. The summed E-state index contributed by atoms with van der Waals surface area (Å²) in [6.45, 7) is 3.06. The molecule has 0 bridgehead atoms. The van der Waals surface area contributed by atoms with Gasteiger partial charge in [0.1, 0.15) is 0 Å². The van der Waals surface area contributed by atoms with Crippen molar-refractivity contribution in [2.24, 2.45) is 0 Å². The molecule has 2 radical (unpaired) electrons. The van der Waals surface area contributed by atoms with Crippen molar-refractivity contribution >= 4 is 53.2 Å². The fourth-order valence-corrected chi connectivity index (χ4v) is 3.40. The normalized spacial score (nSPS) is 9.00. The molecule has 0 saturated carbocycles. The van der Waals surface area contributed by atoms with Crippen LogP contribution < -0.4 is 0 Å². The van der Waals surface area contributed by atoms with Crippen molar-refractivity contribution in [1.82, 2.24) is 0 Å². The first kappa shape index (κ1) is 29.8. The van der Waals surface area contributed by atoms with E-state index in [-0.39, 0.29) is 24.8 Å². The Hall–Kier alpha value is -2.22. The minimum atomic E-state index is 0. The van der Waals surface area contributed by atoms with Gasteiger partial charge < -0.3 is 0 Å². The summed E-state index contributed by atoms with van der Waals surface area (Å²) in [5.41, 5.74) is 2.55. The van der Waals surface area contributed by atoms with Crippen LogP contribution in [0.2, 0.25) is 0 Å². The number of hydrogen-bond donors (Lipinski definition) is 0. The zero-order valence-corrected chi connectivity index (χ0v) is 23.8. The topological polar surface area (TPSA) is 0 Å². The van der Waals surface area contributed by atoms with E-state index in [0.717, 1.165) is 0 Å². The summed E-state index contributed by atoms with van der Waals surface area (Å²) in [5.74, 6) is 0. The molecule has 0 saturated heterocycles. The quantitative estimate of drug-likeness (QED) is 0.135. The van der Waals surface area contributed by atoms with Gasteiger partial charge in [0.25, 0.3) is 0 Å². The van der Waals surface area contributed by atoms with Gasteiger partial charge in [-0.2, -0.15) is 35.0 Å². The molecule has 0 aliphatic carbocycles. The van der Waals surface area contributed by atoms with Crippen molar-refractivity contribution in [2.45, 2.75) is 0 Å². The zero-order valence-electron chi connectivity index (χ0n) is 18.7. The Morgan fingerprint density at radius 3 is 1.09 bits per heavy atom. The Bertz CT molecular complexity index is 1150. The van der Waals surface area contributed by atoms with Crippen LogP contribution in [-0.4, -0.2) is 6.88 Å². The monoisotopic (exact) mass is 574 g/mol. The van der Waals surface area contributed by atoms with Gasteiger partial charge >= 0.3 is 30.2 Å². The standard InChI is InChI=1S/C12H10.2C9H7.2ClH.Si.Zr/c1-3-7-11(8-4-1)12-9-5-2-6-10-12;2*1-2-5-9-7-3-6-8(9)4-1;;;;/h1-10H;2*1-7H;2*1H;;/q;2*-1;;;;+2. The van der Waals surface area contributed by atoms with Crippen LogP contribution in [-0.2, 0) is 23.3 Å². The first-order chi connectivity index (χ1) is 15.9. The number of benzene rings is 4. The van der Waals surface area contributed by atoms with Crippen molar-refractivity contribution in [2.75, 3.05) is 0 Å². The van der Waals surface area contributed by atoms with Crippen LogP contribution in [0, 0.1) is 0 Å². The second-order valence-corrected chi connectivity index (χ2v) is 7.04. The van der Waals surface area contributed by atoms with Crippen LogP contribution in [0.25, 0.3) is 32.7 Å². The molecule has 6 aromatic carbocycles. The fourth-order valence-electron chi connectivity index (χ4n) is 3.40. The van der Waals surface area contributed by atoms with E-state index in [1.54, 1.807) is 0 Å². The SMILES string of the molecule is Cl.Cl.[Si]=[Zr+2].c1ccc(-c2ccccc2)cc1.c1ccc2[cH-]ccc2c1.c1ccc2[cH-]ccc2c1. The van der Waals surface area contributed by atoms with Crippen molar-refractivity contribution in [1.29, 1.82) is 0 Å². The molecule has 0 aliphatic heterocycles. The Kier molecular flexibility index (Phi) is 15.1. The van der Waals surface area contributed by atoms with Gasteiger partial charge in [-0.15, -0.1) is 84.1 Å². The molecule has 0 fully saturated rings. The predicted molar refractivity (Wildman–Crippen MR) is 151 cm³/mol. The molecule has 168 valence electrons. The fraction of sp³-hybridized carbons (Fsp3) is 0. The van der Waals surface area contributed by atoms with Crippen molar-refractivity contribution in [3.05, 3.63) is 146 Å². The van der Waals surface area contributed by atoms with Gasteiger partial charge in [-0.25, -0.2) is 0 Å². The molecule has 0 unspecified atom stereocenters. The summed E-state index contributed by atoms with van der Waals surface area (Å²) >= 11 is 1.36. The molecule has 0 spiro atoms. The van der Waals surface area contributed by atoms with Gasteiger partial charge in [0.15, 0.2) is 0 Å². The van der Waals surface area contributed by atoms with Crippen LogP contribution >= 0.6 is 24.8 Å². The molecular weight excluding hydrogens is 551 g/mol. The average molecular weight is 577 g/mol. The molecule has 4 heteroatoms. The molecule has 0 aliphatic rings. The zero-order chi connectivity index (χ0) is 22.4. The minimum Gasteiger partial charge on any atom is -0.168 e. The summed E-state index contributed by atoms with van der Waals surface area (Å²) in [6, 6.07) is 50.1. The molecular formula is C30H26Cl2SiZr. The Morgan fingerprint density at radius 1 is 0.412 bits per heavy atom. The summed E-state index contributed by atoms with van der Waals surface area (Å²) < 4.78 is 0. The van der Waals surface area contributed by atoms with E-state index in [2.05, 4.69) is 140 Å². The largest absolute Gasteiger partial charge is 0.168 e. The van der Waals surface area contributed by atoms with Crippen LogP contribution in [0.4, 0.5) is 0 Å². The Morgan fingerprint density at radius 2 is 0.735 bits per heavy atom. The third kappa shape index (κ3) is 9.20. The summed E-state index contributed by atoms with van der Waals surface area (Å²) in [4.78, 5) is 0. The van der Waals surface area contributed by atoms with Gasteiger partial charge in [0.05, 0.1) is 0 Å². The Labute approximate surface area is 231 Å². The van der Waals surface area contributed by atoms with E-state index in [0.29, 0.717) is 0 Å². The molecule has 0 aromatic heterocycles. The van der Waals surface area contributed by atoms with Crippen LogP contribution in [0.1, 0.15) is 0 Å². The third-order valence-corrected chi connectivity index (χ3v) is 4.98. The predicted octanol–water partition coefficient (Wildman–Crippen LogP) is 8.93. The summed E-state index contributed by atoms with van der Waals surface area (Å²) in [7, 11) is 0. The second kappa shape index (κ2) is 17.2. The number of fused-ring (bicyclic) bond motifs is 2. The van der Waals surface area contributed by atoms with E-state index in [1.165, 1.54) is 56.0 Å².